The Kier molecular flexibility index (Phi) is 2.23. The van der Waals surface area contributed by atoms with Crippen molar-refractivity contribution in [3.8, 4) is 5.75 Å². The molecule has 0 saturated carbocycles. The van der Waals surface area contributed by atoms with Gasteiger partial charge in [-0.05, 0) is 42.5 Å². The molecule has 1 aromatic carbocycles. The van der Waals surface area contributed by atoms with Crippen LogP contribution in [0.3, 0.4) is 0 Å². The van der Waals surface area contributed by atoms with Gasteiger partial charge < -0.3 is 10.5 Å². The van der Waals surface area contributed by atoms with Crippen LogP contribution in [0.4, 0.5) is 0 Å². The molecule has 2 nitrogen and oxygen atoms in total. The third-order valence-electron chi connectivity index (χ3n) is 3.32. The molecule has 0 spiro atoms. The van der Waals surface area contributed by atoms with E-state index in [0.717, 1.165) is 25.0 Å². The van der Waals surface area contributed by atoms with Gasteiger partial charge >= 0.3 is 0 Å². The predicted octanol–water partition coefficient (Wildman–Crippen LogP) is 2.21. The number of rotatable bonds is 2. The number of nitrogens with two attached hydrogens (primary N) is 1. The van der Waals surface area contributed by atoms with Crippen molar-refractivity contribution in [1.82, 2.24) is 0 Å². The summed E-state index contributed by atoms with van der Waals surface area (Å²) in [5.74, 6) is 0.911. The summed E-state index contributed by atoms with van der Waals surface area (Å²) < 4.78 is 5.22. The first-order valence-electron chi connectivity index (χ1n) is 5.16. The Hall–Kier alpha value is -1.02. The Morgan fingerprint density at radius 2 is 2.29 bits per heavy atom. The van der Waals surface area contributed by atoms with Gasteiger partial charge in [0.05, 0.1) is 7.11 Å². The standard InChI is InChI=1S/C12H17NO/c1-3-12(13)7-6-9-4-5-10(14-2)8-11(9)12/h4-5,8H,3,6-7,13H2,1-2H3. The van der Waals surface area contributed by atoms with Gasteiger partial charge in [-0.15, -0.1) is 0 Å². The maximum Gasteiger partial charge on any atom is 0.119 e. The first-order valence-corrected chi connectivity index (χ1v) is 5.16. The summed E-state index contributed by atoms with van der Waals surface area (Å²) >= 11 is 0. The quantitative estimate of drug-likeness (QED) is 0.777. The van der Waals surface area contributed by atoms with E-state index in [1.165, 1.54) is 11.1 Å². The Labute approximate surface area is 85.1 Å². The van der Waals surface area contributed by atoms with Crippen molar-refractivity contribution < 1.29 is 4.74 Å². The van der Waals surface area contributed by atoms with Crippen LogP contribution in [-0.4, -0.2) is 7.11 Å². The fraction of sp³-hybridized carbons (Fsp3) is 0.500. The van der Waals surface area contributed by atoms with Crippen molar-refractivity contribution in [3.63, 3.8) is 0 Å². The average Bonchev–Trinajstić information content (AvgIpc) is 2.57. The lowest BCUT2D eigenvalue weighted by molar-refractivity contribution is 0.404. The van der Waals surface area contributed by atoms with Gasteiger partial charge in [0.15, 0.2) is 0 Å². The number of methoxy groups -OCH3 is 1. The molecule has 76 valence electrons. The lowest BCUT2D eigenvalue weighted by atomic mass is 9.90. The Bertz CT molecular complexity index is 348. The molecule has 0 radical (unpaired) electrons. The Morgan fingerprint density at radius 3 is 2.93 bits per heavy atom. The second-order valence-corrected chi connectivity index (χ2v) is 4.03. The maximum atomic E-state index is 6.34. The highest BCUT2D eigenvalue weighted by Crippen LogP contribution is 2.38. The maximum absolute atomic E-state index is 6.34. The zero-order valence-electron chi connectivity index (χ0n) is 8.84. The SMILES string of the molecule is CCC1(N)CCc2ccc(OC)cc21. The molecule has 0 aromatic heterocycles. The second-order valence-electron chi connectivity index (χ2n) is 4.03. The molecule has 14 heavy (non-hydrogen) atoms. The highest BCUT2D eigenvalue weighted by Gasteiger charge is 2.33. The molecule has 0 aliphatic heterocycles. The van der Waals surface area contributed by atoms with Crippen LogP contribution in [0.25, 0.3) is 0 Å². The van der Waals surface area contributed by atoms with E-state index in [0.29, 0.717) is 0 Å². The van der Waals surface area contributed by atoms with Gasteiger partial charge in [0, 0.05) is 5.54 Å². The predicted molar refractivity (Wildman–Crippen MR) is 57.5 cm³/mol. The van der Waals surface area contributed by atoms with E-state index in [1.807, 2.05) is 6.07 Å². The van der Waals surface area contributed by atoms with Crippen LogP contribution in [-0.2, 0) is 12.0 Å². The molecule has 0 heterocycles. The Balaban J connectivity index is 2.47. The van der Waals surface area contributed by atoms with Gasteiger partial charge in [-0.2, -0.15) is 0 Å². The number of hydrogen-bond donors (Lipinski definition) is 1. The molecule has 2 N–H and O–H groups in total. The van der Waals surface area contributed by atoms with Crippen LogP contribution in [0.5, 0.6) is 5.75 Å². The van der Waals surface area contributed by atoms with Crippen LogP contribution < -0.4 is 10.5 Å². The highest BCUT2D eigenvalue weighted by molar-refractivity contribution is 5.43. The summed E-state index contributed by atoms with van der Waals surface area (Å²) in [7, 11) is 1.70. The third kappa shape index (κ3) is 1.30. The fourth-order valence-corrected chi connectivity index (χ4v) is 2.22. The second kappa shape index (κ2) is 3.28. The van der Waals surface area contributed by atoms with Crippen molar-refractivity contribution in [2.75, 3.05) is 7.11 Å². The monoisotopic (exact) mass is 191 g/mol. The third-order valence-corrected chi connectivity index (χ3v) is 3.32. The zero-order valence-corrected chi connectivity index (χ0v) is 8.84. The summed E-state index contributed by atoms with van der Waals surface area (Å²) in [6, 6.07) is 6.24. The van der Waals surface area contributed by atoms with Crippen LogP contribution in [0.1, 0.15) is 30.9 Å². The van der Waals surface area contributed by atoms with E-state index in [9.17, 15) is 0 Å². The molecule has 2 rings (SSSR count). The zero-order chi connectivity index (χ0) is 10.2. The van der Waals surface area contributed by atoms with Crippen molar-refractivity contribution in [1.29, 1.82) is 0 Å². The molecule has 1 atom stereocenters. The Morgan fingerprint density at radius 1 is 1.50 bits per heavy atom. The number of aryl methyl sites for hydroxylation is 1. The minimum atomic E-state index is -0.121. The van der Waals surface area contributed by atoms with E-state index in [-0.39, 0.29) is 5.54 Å². The minimum Gasteiger partial charge on any atom is -0.497 e. The van der Waals surface area contributed by atoms with Crippen LogP contribution >= 0.6 is 0 Å². The molecular formula is C12H17NO. The van der Waals surface area contributed by atoms with Crippen molar-refractivity contribution in [3.05, 3.63) is 29.3 Å². The summed E-state index contributed by atoms with van der Waals surface area (Å²) in [5, 5.41) is 0. The largest absolute Gasteiger partial charge is 0.497 e. The molecule has 0 bridgehead atoms. The van der Waals surface area contributed by atoms with Crippen LogP contribution in [0.2, 0.25) is 0 Å². The van der Waals surface area contributed by atoms with Gasteiger partial charge in [0.2, 0.25) is 0 Å². The molecule has 1 aliphatic rings. The lowest BCUT2D eigenvalue weighted by Crippen LogP contribution is -2.32. The smallest absolute Gasteiger partial charge is 0.119 e. The average molecular weight is 191 g/mol. The number of ether oxygens (including phenoxy) is 1. The highest BCUT2D eigenvalue weighted by atomic mass is 16.5. The topological polar surface area (TPSA) is 35.2 Å². The molecular weight excluding hydrogens is 174 g/mol. The molecule has 1 unspecified atom stereocenters. The molecule has 1 aromatic rings. The van der Waals surface area contributed by atoms with E-state index in [4.69, 9.17) is 10.5 Å². The first kappa shape index (κ1) is 9.53. The van der Waals surface area contributed by atoms with Crippen LogP contribution in [0, 0.1) is 0 Å². The normalized spacial score (nSPS) is 24.8. The van der Waals surface area contributed by atoms with E-state index in [1.54, 1.807) is 7.11 Å². The number of fused-ring (bicyclic) bond motifs is 1. The molecule has 2 heteroatoms. The number of benzene rings is 1. The molecule has 0 fully saturated rings. The lowest BCUT2D eigenvalue weighted by Gasteiger charge is -2.23. The summed E-state index contributed by atoms with van der Waals surface area (Å²) in [4.78, 5) is 0. The summed E-state index contributed by atoms with van der Waals surface area (Å²) in [5.41, 5.74) is 8.88. The van der Waals surface area contributed by atoms with Gasteiger partial charge in [0.25, 0.3) is 0 Å². The van der Waals surface area contributed by atoms with Crippen molar-refractivity contribution in [2.45, 2.75) is 31.7 Å². The van der Waals surface area contributed by atoms with Crippen LogP contribution in [0.15, 0.2) is 18.2 Å². The van der Waals surface area contributed by atoms with Gasteiger partial charge in [-0.25, -0.2) is 0 Å². The first-order chi connectivity index (χ1) is 6.69. The van der Waals surface area contributed by atoms with E-state index >= 15 is 0 Å². The van der Waals surface area contributed by atoms with Crippen molar-refractivity contribution >= 4 is 0 Å². The summed E-state index contributed by atoms with van der Waals surface area (Å²) in [6.07, 6.45) is 3.16. The van der Waals surface area contributed by atoms with Gasteiger partial charge in [-0.1, -0.05) is 13.0 Å². The van der Waals surface area contributed by atoms with Gasteiger partial charge in [-0.3, -0.25) is 0 Å². The number of hydrogen-bond acceptors (Lipinski definition) is 2. The van der Waals surface area contributed by atoms with E-state index in [2.05, 4.69) is 19.1 Å². The van der Waals surface area contributed by atoms with Gasteiger partial charge in [0.1, 0.15) is 5.75 Å². The molecule has 0 amide bonds. The van der Waals surface area contributed by atoms with Crippen molar-refractivity contribution in [2.24, 2.45) is 5.73 Å². The fourth-order valence-electron chi connectivity index (χ4n) is 2.22. The summed E-state index contributed by atoms with van der Waals surface area (Å²) in [6.45, 7) is 2.15. The minimum absolute atomic E-state index is 0.121. The van der Waals surface area contributed by atoms with E-state index < -0.39 is 0 Å². The molecule has 1 aliphatic carbocycles. The molecule has 0 saturated heterocycles.